The lowest BCUT2D eigenvalue weighted by Gasteiger charge is -2.21. The van der Waals surface area contributed by atoms with Gasteiger partial charge in [-0.2, -0.15) is 0 Å². The van der Waals surface area contributed by atoms with Crippen molar-refractivity contribution in [1.29, 1.82) is 0 Å². The third kappa shape index (κ3) is 2.80. The fourth-order valence-corrected chi connectivity index (χ4v) is 2.28. The highest BCUT2D eigenvalue weighted by Gasteiger charge is 2.14. The van der Waals surface area contributed by atoms with E-state index in [1.165, 1.54) is 5.56 Å². The van der Waals surface area contributed by atoms with E-state index in [1.54, 1.807) is 0 Å². The van der Waals surface area contributed by atoms with Gasteiger partial charge in [-0.05, 0) is 43.7 Å². The van der Waals surface area contributed by atoms with Gasteiger partial charge in [-0.3, -0.25) is 0 Å². The summed E-state index contributed by atoms with van der Waals surface area (Å²) in [6, 6.07) is 10.3. The molecule has 3 rings (SSSR count). The Bertz CT molecular complexity index is 591. The van der Waals surface area contributed by atoms with Gasteiger partial charge < -0.3 is 19.2 Å². The van der Waals surface area contributed by atoms with Crippen LogP contribution in [0.25, 0.3) is 0 Å². The predicted octanol–water partition coefficient (Wildman–Crippen LogP) is 3.21. The molecule has 2 heterocycles. The first-order valence-electron chi connectivity index (χ1n) is 6.90. The van der Waals surface area contributed by atoms with Crippen LogP contribution in [0.5, 0.6) is 11.5 Å². The largest absolute Gasteiger partial charge is 0.486 e. The maximum absolute atomic E-state index is 5.61. The Morgan fingerprint density at radius 1 is 1.10 bits per heavy atom. The Kier molecular flexibility index (Phi) is 3.65. The van der Waals surface area contributed by atoms with E-state index in [0.717, 1.165) is 23.0 Å². The van der Waals surface area contributed by atoms with E-state index in [-0.39, 0.29) is 6.04 Å². The summed E-state index contributed by atoms with van der Waals surface area (Å²) in [6.45, 7) is 6.03. The van der Waals surface area contributed by atoms with Gasteiger partial charge in [0.1, 0.15) is 24.7 Å². The molecule has 0 aliphatic carbocycles. The van der Waals surface area contributed by atoms with Crippen molar-refractivity contribution in [1.82, 2.24) is 5.32 Å². The Morgan fingerprint density at radius 3 is 2.65 bits per heavy atom. The molecule has 4 nitrogen and oxygen atoms in total. The molecule has 1 aromatic carbocycles. The van der Waals surface area contributed by atoms with Gasteiger partial charge in [-0.25, -0.2) is 0 Å². The van der Waals surface area contributed by atoms with Crippen molar-refractivity contribution in [2.45, 2.75) is 26.4 Å². The quantitative estimate of drug-likeness (QED) is 0.929. The first kappa shape index (κ1) is 13.1. The van der Waals surface area contributed by atoms with E-state index in [4.69, 9.17) is 13.9 Å². The Labute approximate surface area is 118 Å². The minimum absolute atomic E-state index is 0.219. The van der Waals surface area contributed by atoms with Crippen LogP contribution in [0, 0.1) is 6.92 Å². The Hall–Kier alpha value is -1.94. The second kappa shape index (κ2) is 5.59. The van der Waals surface area contributed by atoms with Gasteiger partial charge in [0.25, 0.3) is 0 Å². The SMILES string of the molecule is Cc1ccc(CNC(C)c2ccc3c(c2)OCCO3)o1. The van der Waals surface area contributed by atoms with E-state index < -0.39 is 0 Å². The van der Waals surface area contributed by atoms with E-state index >= 15 is 0 Å². The summed E-state index contributed by atoms with van der Waals surface area (Å²) < 4.78 is 16.7. The van der Waals surface area contributed by atoms with Gasteiger partial charge in [-0.1, -0.05) is 6.07 Å². The van der Waals surface area contributed by atoms with Crippen molar-refractivity contribution < 1.29 is 13.9 Å². The summed E-state index contributed by atoms with van der Waals surface area (Å²) in [5.41, 5.74) is 1.18. The van der Waals surface area contributed by atoms with Crippen LogP contribution in [0.1, 0.15) is 30.0 Å². The Balaban J connectivity index is 1.66. The first-order chi connectivity index (χ1) is 9.72. The normalized spacial score (nSPS) is 15.1. The van der Waals surface area contributed by atoms with E-state index in [9.17, 15) is 0 Å². The minimum atomic E-state index is 0.219. The lowest BCUT2D eigenvalue weighted by Crippen LogP contribution is -2.19. The smallest absolute Gasteiger partial charge is 0.161 e. The van der Waals surface area contributed by atoms with Crippen LogP contribution in [0.3, 0.4) is 0 Å². The molecule has 0 saturated carbocycles. The highest BCUT2D eigenvalue weighted by molar-refractivity contribution is 5.44. The molecule has 20 heavy (non-hydrogen) atoms. The van der Waals surface area contributed by atoms with Crippen LogP contribution in [-0.2, 0) is 6.54 Å². The molecular formula is C16H19NO3. The molecule has 1 atom stereocenters. The fourth-order valence-electron chi connectivity index (χ4n) is 2.28. The van der Waals surface area contributed by atoms with E-state index in [1.807, 2.05) is 31.2 Å². The van der Waals surface area contributed by atoms with Crippen molar-refractivity contribution in [3.05, 3.63) is 47.4 Å². The van der Waals surface area contributed by atoms with Crippen LogP contribution in [0.15, 0.2) is 34.7 Å². The maximum Gasteiger partial charge on any atom is 0.161 e. The molecule has 0 spiro atoms. The lowest BCUT2D eigenvalue weighted by molar-refractivity contribution is 0.171. The third-order valence-electron chi connectivity index (χ3n) is 3.44. The van der Waals surface area contributed by atoms with Crippen molar-refractivity contribution in [3.8, 4) is 11.5 Å². The number of aryl methyl sites for hydroxylation is 1. The standard InChI is InChI=1S/C16H19NO3/c1-11-3-5-14(20-11)10-17-12(2)13-4-6-15-16(9-13)19-8-7-18-15/h3-6,9,12,17H,7-8,10H2,1-2H3. The maximum atomic E-state index is 5.61. The summed E-state index contributed by atoms with van der Waals surface area (Å²) >= 11 is 0. The van der Waals surface area contributed by atoms with Crippen molar-refractivity contribution in [2.75, 3.05) is 13.2 Å². The zero-order valence-electron chi connectivity index (χ0n) is 11.8. The zero-order valence-corrected chi connectivity index (χ0v) is 11.8. The molecule has 2 aromatic rings. The van der Waals surface area contributed by atoms with E-state index in [2.05, 4.69) is 18.3 Å². The number of rotatable bonds is 4. The summed E-state index contributed by atoms with van der Waals surface area (Å²) in [7, 11) is 0. The van der Waals surface area contributed by atoms with Gasteiger partial charge >= 0.3 is 0 Å². The summed E-state index contributed by atoms with van der Waals surface area (Å²) in [6.07, 6.45) is 0. The molecule has 1 unspecified atom stereocenters. The van der Waals surface area contributed by atoms with Gasteiger partial charge in [0.2, 0.25) is 0 Å². The molecule has 0 fully saturated rings. The van der Waals surface area contributed by atoms with Crippen LogP contribution in [0.4, 0.5) is 0 Å². The van der Waals surface area contributed by atoms with Crippen molar-refractivity contribution >= 4 is 0 Å². The summed E-state index contributed by atoms with van der Waals surface area (Å²) in [5.74, 6) is 3.55. The van der Waals surface area contributed by atoms with Gasteiger partial charge in [0.05, 0.1) is 6.54 Å². The molecule has 0 saturated heterocycles. The molecule has 1 aliphatic rings. The minimum Gasteiger partial charge on any atom is -0.486 e. The predicted molar refractivity (Wildman–Crippen MR) is 76.1 cm³/mol. The molecule has 0 radical (unpaired) electrons. The van der Waals surface area contributed by atoms with Crippen LogP contribution in [-0.4, -0.2) is 13.2 Å². The topological polar surface area (TPSA) is 43.6 Å². The second-order valence-electron chi connectivity index (χ2n) is 5.02. The average Bonchev–Trinajstić information content (AvgIpc) is 2.90. The molecule has 106 valence electrons. The number of hydrogen-bond donors (Lipinski definition) is 1. The molecule has 1 aliphatic heterocycles. The summed E-state index contributed by atoms with van der Waals surface area (Å²) in [4.78, 5) is 0. The number of benzene rings is 1. The third-order valence-corrected chi connectivity index (χ3v) is 3.44. The number of nitrogens with one attached hydrogen (secondary N) is 1. The van der Waals surface area contributed by atoms with Crippen molar-refractivity contribution in [2.24, 2.45) is 0 Å². The highest BCUT2D eigenvalue weighted by atomic mass is 16.6. The molecule has 1 aromatic heterocycles. The van der Waals surface area contributed by atoms with Crippen molar-refractivity contribution in [3.63, 3.8) is 0 Å². The first-order valence-corrected chi connectivity index (χ1v) is 6.90. The van der Waals surface area contributed by atoms with Crippen LogP contribution >= 0.6 is 0 Å². The average molecular weight is 273 g/mol. The van der Waals surface area contributed by atoms with Gasteiger partial charge in [0, 0.05) is 6.04 Å². The lowest BCUT2D eigenvalue weighted by atomic mass is 10.1. The zero-order chi connectivity index (χ0) is 13.9. The highest BCUT2D eigenvalue weighted by Crippen LogP contribution is 2.32. The van der Waals surface area contributed by atoms with E-state index in [0.29, 0.717) is 19.8 Å². The van der Waals surface area contributed by atoms with Gasteiger partial charge in [0.15, 0.2) is 11.5 Å². The second-order valence-corrected chi connectivity index (χ2v) is 5.02. The monoisotopic (exact) mass is 273 g/mol. The number of furan rings is 1. The number of fused-ring (bicyclic) bond motifs is 1. The van der Waals surface area contributed by atoms with Gasteiger partial charge in [-0.15, -0.1) is 0 Å². The number of ether oxygens (including phenoxy) is 2. The molecule has 4 heteroatoms. The Morgan fingerprint density at radius 2 is 1.90 bits per heavy atom. The molecule has 0 bridgehead atoms. The summed E-state index contributed by atoms with van der Waals surface area (Å²) in [5, 5.41) is 3.45. The van der Waals surface area contributed by atoms with Crippen LogP contribution < -0.4 is 14.8 Å². The molecule has 1 N–H and O–H groups in total. The number of hydrogen-bond acceptors (Lipinski definition) is 4. The molecular weight excluding hydrogens is 254 g/mol. The fraction of sp³-hybridized carbons (Fsp3) is 0.375. The molecule has 0 amide bonds. The van der Waals surface area contributed by atoms with Crippen LogP contribution in [0.2, 0.25) is 0 Å².